The minimum Gasteiger partial charge on any atom is -0.305 e. The second-order valence-corrected chi connectivity index (χ2v) is 6.87. The van der Waals surface area contributed by atoms with Gasteiger partial charge in [-0.2, -0.15) is 4.57 Å². The smallest absolute Gasteiger partial charge is 0.260 e. The van der Waals surface area contributed by atoms with Gasteiger partial charge in [-0.3, -0.25) is 4.79 Å². The Kier molecular flexibility index (Phi) is 3.30. The van der Waals surface area contributed by atoms with Gasteiger partial charge >= 0.3 is 0 Å². The zero-order valence-corrected chi connectivity index (χ0v) is 13.4. The van der Waals surface area contributed by atoms with E-state index in [1.54, 1.807) is 11.3 Å². The lowest BCUT2D eigenvalue weighted by Crippen LogP contribution is -2.35. The molecule has 1 N–H and O–H groups in total. The average Bonchev–Trinajstić information content (AvgIpc) is 3.08. The topological polar surface area (TPSA) is 49.6 Å². The van der Waals surface area contributed by atoms with Gasteiger partial charge in [0.25, 0.3) is 5.56 Å². The Morgan fingerprint density at radius 3 is 2.91 bits per heavy atom. The van der Waals surface area contributed by atoms with Crippen molar-refractivity contribution in [2.24, 2.45) is 0 Å². The summed E-state index contributed by atoms with van der Waals surface area (Å²) in [5.41, 5.74) is 2.56. The van der Waals surface area contributed by atoms with E-state index >= 15 is 0 Å². The number of hydrogen-bond acceptors (Lipinski definition) is 3. The number of aromatic nitrogens is 3. The molecule has 0 radical (unpaired) electrons. The van der Waals surface area contributed by atoms with Crippen LogP contribution < -0.4 is 10.1 Å². The second-order valence-electron chi connectivity index (χ2n) is 5.78. The number of H-pyrrole nitrogens is 1. The van der Waals surface area contributed by atoms with Gasteiger partial charge < -0.3 is 4.98 Å². The minimum absolute atomic E-state index is 0.0187. The number of pyridine rings is 1. The summed E-state index contributed by atoms with van der Waals surface area (Å²) in [7, 11) is 0. The minimum atomic E-state index is 0.0187. The number of rotatable bonds is 3. The first kappa shape index (κ1) is 13.6. The van der Waals surface area contributed by atoms with Gasteiger partial charge in [0.2, 0.25) is 6.54 Å². The van der Waals surface area contributed by atoms with E-state index in [-0.39, 0.29) is 5.56 Å². The molecule has 0 amide bonds. The van der Waals surface area contributed by atoms with E-state index in [2.05, 4.69) is 29.0 Å². The Balaban J connectivity index is 1.71. The molecule has 0 saturated heterocycles. The van der Waals surface area contributed by atoms with Gasteiger partial charge in [0.15, 0.2) is 18.2 Å². The lowest BCUT2D eigenvalue weighted by Gasteiger charge is -2.00. The molecule has 0 fully saturated rings. The van der Waals surface area contributed by atoms with Gasteiger partial charge in [-0.25, -0.2) is 4.98 Å². The maximum absolute atomic E-state index is 12.4. The van der Waals surface area contributed by atoms with Crippen molar-refractivity contribution in [3.63, 3.8) is 0 Å². The van der Waals surface area contributed by atoms with Gasteiger partial charge in [-0.1, -0.05) is 6.92 Å². The first-order valence-corrected chi connectivity index (χ1v) is 8.57. The molecule has 0 unspecified atom stereocenters. The summed E-state index contributed by atoms with van der Waals surface area (Å²) in [4.78, 5) is 22.3. The van der Waals surface area contributed by atoms with Crippen LogP contribution in [0.5, 0.6) is 0 Å². The lowest BCUT2D eigenvalue weighted by atomic mass is 10.2. The molecular weight excluding hydrogens is 294 g/mol. The molecular formula is C17H18N3OS+. The average molecular weight is 312 g/mol. The molecule has 3 heterocycles. The van der Waals surface area contributed by atoms with Crippen molar-refractivity contribution in [1.82, 2.24) is 9.97 Å². The van der Waals surface area contributed by atoms with E-state index in [4.69, 9.17) is 0 Å². The van der Waals surface area contributed by atoms with Crippen LogP contribution in [0.25, 0.3) is 10.2 Å². The van der Waals surface area contributed by atoms with Crippen molar-refractivity contribution in [3.8, 4) is 0 Å². The fraction of sp³-hybridized carbons (Fsp3) is 0.353. The van der Waals surface area contributed by atoms with Crippen molar-refractivity contribution in [3.05, 3.63) is 56.7 Å². The highest BCUT2D eigenvalue weighted by molar-refractivity contribution is 7.18. The Morgan fingerprint density at radius 2 is 2.14 bits per heavy atom. The molecule has 0 spiro atoms. The molecule has 4 nitrogen and oxygen atoms in total. The molecule has 112 valence electrons. The molecule has 0 aromatic carbocycles. The van der Waals surface area contributed by atoms with E-state index < -0.39 is 0 Å². The van der Waals surface area contributed by atoms with E-state index in [0.29, 0.717) is 6.54 Å². The van der Waals surface area contributed by atoms with Crippen molar-refractivity contribution in [2.45, 2.75) is 39.2 Å². The fourth-order valence-electron chi connectivity index (χ4n) is 3.12. The lowest BCUT2D eigenvalue weighted by molar-refractivity contribution is -0.689. The summed E-state index contributed by atoms with van der Waals surface area (Å²) >= 11 is 1.69. The largest absolute Gasteiger partial charge is 0.305 e. The molecule has 4 rings (SSSR count). The molecule has 3 aromatic heterocycles. The van der Waals surface area contributed by atoms with Gasteiger partial charge in [0, 0.05) is 17.0 Å². The molecule has 1 aliphatic carbocycles. The van der Waals surface area contributed by atoms with E-state index in [1.165, 1.54) is 16.0 Å². The molecule has 0 aliphatic heterocycles. The summed E-state index contributed by atoms with van der Waals surface area (Å²) < 4.78 is 2.05. The van der Waals surface area contributed by atoms with Crippen LogP contribution in [-0.2, 0) is 25.8 Å². The maximum atomic E-state index is 12.4. The summed E-state index contributed by atoms with van der Waals surface area (Å²) in [6, 6.07) is 4.21. The Morgan fingerprint density at radius 1 is 1.32 bits per heavy atom. The summed E-state index contributed by atoms with van der Waals surface area (Å²) in [6.45, 7) is 2.74. The molecule has 3 aromatic rings. The highest BCUT2D eigenvalue weighted by Gasteiger charge is 2.21. The highest BCUT2D eigenvalue weighted by atomic mass is 32.1. The molecule has 0 saturated carbocycles. The number of aryl methyl sites for hydroxylation is 3. The highest BCUT2D eigenvalue weighted by Crippen LogP contribution is 2.34. The van der Waals surface area contributed by atoms with Crippen LogP contribution in [0.3, 0.4) is 0 Å². The third-order valence-electron chi connectivity index (χ3n) is 4.32. The SMILES string of the molecule is CCc1cc[n+](Cc2nc3sc4c(c3c(=O)[nH]2)CCC4)cc1. The number of nitrogens with zero attached hydrogens (tertiary/aromatic N) is 2. The first-order valence-electron chi connectivity index (χ1n) is 7.76. The predicted molar refractivity (Wildman–Crippen MR) is 87.4 cm³/mol. The van der Waals surface area contributed by atoms with Crippen LogP contribution in [-0.4, -0.2) is 9.97 Å². The Labute approximate surface area is 132 Å². The third kappa shape index (κ3) is 2.25. The van der Waals surface area contributed by atoms with Crippen molar-refractivity contribution < 1.29 is 4.57 Å². The van der Waals surface area contributed by atoms with Crippen LogP contribution in [0.15, 0.2) is 29.3 Å². The number of fused-ring (bicyclic) bond motifs is 3. The molecule has 5 heteroatoms. The second kappa shape index (κ2) is 5.32. The van der Waals surface area contributed by atoms with Crippen molar-refractivity contribution in [1.29, 1.82) is 0 Å². The number of aromatic amines is 1. The van der Waals surface area contributed by atoms with Crippen LogP contribution in [0.2, 0.25) is 0 Å². The normalized spacial score (nSPS) is 13.7. The predicted octanol–water partition coefficient (Wildman–Crippen LogP) is 2.37. The van der Waals surface area contributed by atoms with E-state index in [9.17, 15) is 4.79 Å². The standard InChI is InChI=1S/C17H17N3OS/c1-2-11-6-8-20(9-7-11)10-14-18-16(21)15-12-4-3-5-13(12)22-17(15)19-14/h6-9H,2-5,10H2,1H3/p+1. The van der Waals surface area contributed by atoms with Crippen molar-refractivity contribution in [2.75, 3.05) is 0 Å². The van der Waals surface area contributed by atoms with Crippen LogP contribution >= 0.6 is 11.3 Å². The number of thiophene rings is 1. The monoisotopic (exact) mass is 312 g/mol. The van der Waals surface area contributed by atoms with E-state index in [0.717, 1.165) is 41.7 Å². The van der Waals surface area contributed by atoms with Gasteiger partial charge in [0.1, 0.15) is 4.83 Å². The molecule has 1 aliphatic rings. The van der Waals surface area contributed by atoms with Crippen LogP contribution in [0.4, 0.5) is 0 Å². The summed E-state index contributed by atoms with van der Waals surface area (Å²) in [5.74, 6) is 0.728. The van der Waals surface area contributed by atoms with Crippen LogP contribution in [0.1, 0.15) is 35.2 Å². The molecule has 22 heavy (non-hydrogen) atoms. The maximum Gasteiger partial charge on any atom is 0.260 e. The molecule has 0 atom stereocenters. The first-order chi connectivity index (χ1) is 10.7. The third-order valence-corrected chi connectivity index (χ3v) is 5.51. The quantitative estimate of drug-likeness (QED) is 0.755. The van der Waals surface area contributed by atoms with Gasteiger partial charge in [0.05, 0.1) is 5.39 Å². The van der Waals surface area contributed by atoms with E-state index in [1.807, 2.05) is 17.0 Å². The number of nitrogens with one attached hydrogen (secondary N) is 1. The Bertz CT molecular complexity index is 893. The molecule has 0 bridgehead atoms. The Hall–Kier alpha value is -2.01. The van der Waals surface area contributed by atoms with Crippen LogP contribution in [0, 0.1) is 0 Å². The van der Waals surface area contributed by atoms with Crippen molar-refractivity contribution >= 4 is 21.6 Å². The van der Waals surface area contributed by atoms with Gasteiger partial charge in [-0.15, -0.1) is 11.3 Å². The number of hydrogen-bond donors (Lipinski definition) is 1. The zero-order valence-electron chi connectivity index (χ0n) is 12.6. The van der Waals surface area contributed by atoms with Gasteiger partial charge in [-0.05, 0) is 36.8 Å². The summed E-state index contributed by atoms with van der Waals surface area (Å²) in [5, 5.41) is 0.826. The summed E-state index contributed by atoms with van der Waals surface area (Å²) in [6.07, 6.45) is 8.39. The zero-order chi connectivity index (χ0) is 15.1. The fourth-order valence-corrected chi connectivity index (χ4v) is 4.40.